The Balaban J connectivity index is 1.65. The van der Waals surface area contributed by atoms with Crippen molar-refractivity contribution in [1.29, 1.82) is 0 Å². The molecule has 1 aliphatic heterocycles. The first kappa shape index (κ1) is 18.3. The highest BCUT2D eigenvalue weighted by atomic mass is 79.9. The van der Waals surface area contributed by atoms with Crippen molar-refractivity contribution < 1.29 is 19.1 Å². The van der Waals surface area contributed by atoms with Gasteiger partial charge in [-0.15, -0.1) is 0 Å². The Hall–Kier alpha value is -2.54. The second kappa shape index (κ2) is 7.37. The number of methoxy groups -OCH3 is 1. The molecule has 1 N–H and O–H groups in total. The van der Waals surface area contributed by atoms with Crippen LogP contribution in [0.4, 0.5) is 4.79 Å². The zero-order valence-electron chi connectivity index (χ0n) is 14.5. The lowest BCUT2D eigenvalue weighted by molar-refractivity contribution is -0.131. The highest BCUT2D eigenvalue weighted by Gasteiger charge is 2.48. The van der Waals surface area contributed by atoms with E-state index in [2.05, 4.69) is 21.2 Å². The van der Waals surface area contributed by atoms with Crippen LogP contribution in [0.15, 0.2) is 53.0 Å². The Bertz CT molecular complexity index is 825. The number of nitrogens with zero attached hydrogens (tertiary/aromatic N) is 1. The summed E-state index contributed by atoms with van der Waals surface area (Å²) in [5.74, 6) is 1.09. The van der Waals surface area contributed by atoms with E-state index in [0.717, 1.165) is 15.8 Å². The Morgan fingerprint density at radius 2 is 1.81 bits per heavy atom. The van der Waals surface area contributed by atoms with Crippen molar-refractivity contribution in [2.24, 2.45) is 0 Å². The summed E-state index contributed by atoms with van der Waals surface area (Å²) in [5.41, 5.74) is -0.357. The van der Waals surface area contributed by atoms with Crippen LogP contribution in [0.25, 0.3) is 0 Å². The van der Waals surface area contributed by atoms with Gasteiger partial charge < -0.3 is 14.8 Å². The van der Waals surface area contributed by atoms with Crippen LogP contribution in [0.5, 0.6) is 11.5 Å². The molecule has 0 saturated carbocycles. The molecule has 0 spiro atoms. The number of imide groups is 1. The Labute approximate surface area is 160 Å². The lowest BCUT2D eigenvalue weighted by Crippen LogP contribution is -2.41. The molecule has 3 amide bonds. The average molecular weight is 419 g/mol. The van der Waals surface area contributed by atoms with Gasteiger partial charge in [0, 0.05) is 4.47 Å². The molecule has 0 aliphatic carbocycles. The van der Waals surface area contributed by atoms with Gasteiger partial charge in [0.15, 0.2) is 0 Å². The van der Waals surface area contributed by atoms with Crippen LogP contribution in [0, 0.1) is 0 Å². The summed E-state index contributed by atoms with van der Waals surface area (Å²) in [6, 6.07) is 14.0. The first-order valence-corrected chi connectivity index (χ1v) is 8.90. The number of hydrogen-bond acceptors (Lipinski definition) is 4. The lowest BCUT2D eigenvalue weighted by Gasteiger charge is -2.22. The summed E-state index contributed by atoms with van der Waals surface area (Å²) in [4.78, 5) is 26.3. The van der Waals surface area contributed by atoms with Gasteiger partial charge in [-0.05, 0) is 48.9 Å². The molecular weight excluding hydrogens is 400 g/mol. The van der Waals surface area contributed by atoms with Gasteiger partial charge in [-0.3, -0.25) is 9.69 Å². The fraction of sp³-hybridized carbons (Fsp3) is 0.263. The maximum absolute atomic E-state index is 12.8. The number of ether oxygens (including phenoxy) is 2. The standard InChI is InChI=1S/C19H19BrN2O4/c1-19(13-4-3-5-14(20)12-13)17(23)22(18(24)21-19)10-11-26-16-8-6-15(25-2)7-9-16/h3-9,12H,10-11H2,1-2H3,(H,21,24)/t19-/m1/s1. The molecule has 2 aromatic carbocycles. The van der Waals surface area contributed by atoms with E-state index in [1.54, 1.807) is 38.3 Å². The van der Waals surface area contributed by atoms with Crippen LogP contribution in [-0.2, 0) is 10.3 Å². The van der Waals surface area contributed by atoms with Crippen molar-refractivity contribution in [3.05, 3.63) is 58.6 Å². The largest absolute Gasteiger partial charge is 0.497 e. The fourth-order valence-electron chi connectivity index (χ4n) is 2.82. The average Bonchev–Trinajstić information content (AvgIpc) is 2.86. The van der Waals surface area contributed by atoms with Gasteiger partial charge >= 0.3 is 6.03 Å². The monoisotopic (exact) mass is 418 g/mol. The van der Waals surface area contributed by atoms with E-state index >= 15 is 0 Å². The Morgan fingerprint density at radius 3 is 2.46 bits per heavy atom. The predicted octanol–water partition coefficient (Wildman–Crippen LogP) is 3.30. The number of nitrogens with one attached hydrogen (secondary N) is 1. The Kier molecular flexibility index (Phi) is 5.18. The number of amides is 3. The third-order valence-electron chi connectivity index (χ3n) is 4.32. The molecule has 26 heavy (non-hydrogen) atoms. The van der Waals surface area contributed by atoms with Crippen molar-refractivity contribution in [3.63, 3.8) is 0 Å². The summed E-state index contributed by atoms with van der Waals surface area (Å²) in [6.07, 6.45) is 0. The van der Waals surface area contributed by atoms with Gasteiger partial charge in [0.05, 0.1) is 13.7 Å². The first-order chi connectivity index (χ1) is 12.4. The molecule has 6 nitrogen and oxygen atoms in total. The molecule has 136 valence electrons. The highest BCUT2D eigenvalue weighted by molar-refractivity contribution is 9.10. The third kappa shape index (κ3) is 3.53. The summed E-state index contributed by atoms with van der Waals surface area (Å²) in [6.45, 7) is 2.08. The molecule has 3 rings (SSSR count). The molecule has 7 heteroatoms. The zero-order valence-corrected chi connectivity index (χ0v) is 16.1. The normalized spacial score (nSPS) is 19.4. The number of carbonyl (C=O) groups excluding carboxylic acids is 2. The van der Waals surface area contributed by atoms with Crippen molar-refractivity contribution in [2.45, 2.75) is 12.5 Å². The summed E-state index contributed by atoms with van der Waals surface area (Å²) >= 11 is 3.40. The minimum atomic E-state index is -1.08. The number of urea groups is 1. The third-order valence-corrected chi connectivity index (χ3v) is 4.81. The SMILES string of the molecule is COc1ccc(OCCN2C(=O)N[C@](C)(c3cccc(Br)c3)C2=O)cc1. The van der Waals surface area contributed by atoms with E-state index in [9.17, 15) is 9.59 Å². The van der Waals surface area contributed by atoms with E-state index in [1.807, 2.05) is 24.3 Å². The maximum atomic E-state index is 12.8. The quantitative estimate of drug-likeness (QED) is 0.730. The van der Waals surface area contributed by atoms with Crippen molar-refractivity contribution >= 4 is 27.9 Å². The van der Waals surface area contributed by atoms with Crippen LogP contribution in [0.3, 0.4) is 0 Å². The van der Waals surface area contributed by atoms with E-state index in [-0.39, 0.29) is 19.1 Å². The molecule has 1 saturated heterocycles. The second-order valence-electron chi connectivity index (χ2n) is 6.05. The minimum Gasteiger partial charge on any atom is -0.497 e. The second-order valence-corrected chi connectivity index (χ2v) is 6.96. The summed E-state index contributed by atoms with van der Waals surface area (Å²) in [5, 5.41) is 2.78. The molecule has 0 bridgehead atoms. The lowest BCUT2D eigenvalue weighted by atomic mass is 9.92. The number of carbonyl (C=O) groups is 2. The molecule has 0 aromatic heterocycles. The number of hydrogen-bond donors (Lipinski definition) is 1. The van der Waals surface area contributed by atoms with Crippen LogP contribution < -0.4 is 14.8 Å². The summed E-state index contributed by atoms with van der Waals surface area (Å²) < 4.78 is 11.6. The van der Waals surface area contributed by atoms with Gasteiger partial charge in [0.1, 0.15) is 23.6 Å². The number of benzene rings is 2. The predicted molar refractivity (Wildman–Crippen MR) is 100 cm³/mol. The Morgan fingerprint density at radius 1 is 1.12 bits per heavy atom. The molecule has 1 heterocycles. The first-order valence-electron chi connectivity index (χ1n) is 8.11. The van der Waals surface area contributed by atoms with Crippen molar-refractivity contribution in [3.8, 4) is 11.5 Å². The van der Waals surface area contributed by atoms with E-state index in [0.29, 0.717) is 5.75 Å². The van der Waals surface area contributed by atoms with Gasteiger partial charge in [-0.2, -0.15) is 0 Å². The molecular formula is C19H19BrN2O4. The summed E-state index contributed by atoms with van der Waals surface area (Å²) in [7, 11) is 1.59. The number of halogens is 1. The van der Waals surface area contributed by atoms with Crippen LogP contribution in [-0.4, -0.2) is 37.1 Å². The van der Waals surface area contributed by atoms with Crippen LogP contribution in [0.2, 0.25) is 0 Å². The molecule has 1 aliphatic rings. The molecule has 0 radical (unpaired) electrons. The molecule has 1 fully saturated rings. The molecule has 2 aromatic rings. The van der Waals surface area contributed by atoms with Gasteiger partial charge in [-0.25, -0.2) is 4.79 Å². The number of rotatable bonds is 6. The van der Waals surface area contributed by atoms with Crippen LogP contribution >= 0.6 is 15.9 Å². The van der Waals surface area contributed by atoms with Gasteiger partial charge in [-0.1, -0.05) is 28.1 Å². The van der Waals surface area contributed by atoms with E-state index < -0.39 is 11.6 Å². The van der Waals surface area contributed by atoms with Gasteiger partial charge in [0.25, 0.3) is 5.91 Å². The smallest absolute Gasteiger partial charge is 0.325 e. The van der Waals surface area contributed by atoms with Crippen molar-refractivity contribution in [1.82, 2.24) is 10.2 Å². The zero-order chi connectivity index (χ0) is 18.7. The van der Waals surface area contributed by atoms with E-state index in [1.165, 1.54) is 4.90 Å². The fourth-order valence-corrected chi connectivity index (χ4v) is 3.22. The molecule has 1 atom stereocenters. The maximum Gasteiger partial charge on any atom is 0.325 e. The minimum absolute atomic E-state index is 0.167. The molecule has 0 unspecified atom stereocenters. The van der Waals surface area contributed by atoms with E-state index in [4.69, 9.17) is 9.47 Å². The topological polar surface area (TPSA) is 67.9 Å². The highest BCUT2D eigenvalue weighted by Crippen LogP contribution is 2.30. The van der Waals surface area contributed by atoms with Crippen LogP contribution in [0.1, 0.15) is 12.5 Å². The van der Waals surface area contributed by atoms with Crippen molar-refractivity contribution in [2.75, 3.05) is 20.3 Å². The van der Waals surface area contributed by atoms with Gasteiger partial charge in [0.2, 0.25) is 0 Å².